The Labute approximate surface area is 145 Å². The summed E-state index contributed by atoms with van der Waals surface area (Å²) in [5.41, 5.74) is 7.17. The van der Waals surface area contributed by atoms with Gasteiger partial charge in [-0.25, -0.2) is 0 Å². The minimum absolute atomic E-state index is 0.00491. The normalized spacial score (nSPS) is 12.8. The molecule has 5 nitrogen and oxygen atoms in total. The first-order chi connectivity index (χ1) is 11.1. The van der Waals surface area contributed by atoms with E-state index in [-0.39, 0.29) is 23.1 Å². The molecule has 0 aliphatic heterocycles. The summed E-state index contributed by atoms with van der Waals surface area (Å²) in [6.07, 6.45) is 0. The second-order valence-corrected chi connectivity index (χ2v) is 7.63. The van der Waals surface area contributed by atoms with Crippen molar-refractivity contribution in [3.8, 4) is 0 Å². The number of aryl methyl sites for hydroxylation is 1. The number of benzene rings is 1. The highest BCUT2D eigenvalue weighted by molar-refractivity contribution is 5.97. The molecule has 0 fully saturated rings. The van der Waals surface area contributed by atoms with Crippen molar-refractivity contribution in [3.63, 3.8) is 0 Å². The topological polar surface area (TPSA) is 75.4 Å². The molecule has 1 aromatic rings. The molecule has 24 heavy (non-hydrogen) atoms. The highest BCUT2D eigenvalue weighted by Crippen LogP contribution is 2.16. The highest BCUT2D eigenvalue weighted by Gasteiger charge is 2.30. The minimum atomic E-state index is -0.559. The summed E-state index contributed by atoms with van der Waals surface area (Å²) in [6.45, 7) is 10.9. The van der Waals surface area contributed by atoms with E-state index >= 15 is 0 Å². The Hall–Kier alpha value is -1.88. The molecule has 0 aliphatic rings. The highest BCUT2D eigenvalue weighted by atomic mass is 16.2. The van der Waals surface area contributed by atoms with Gasteiger partial charge in [0.15, 0.2) is 0 Å². The summed E-state index contributed by atoms with van der Waals surface area (Å²) in [7, 11) is 1.76. The lowest BCUT2D eigenvalue weighted by Gasteiger charge is -2.32. The maximum absolute atomic E-state index is 12.8. The van der Waals surface area contributed by atoms with Gasteiger partial charge in [0.25, 0.3) is 5.91 Å². The van der Waals surface area contributed by atoms with Gasteiger partial charge in [0.2, 0.25) is 5.91 Å². The lowest BCUT2D eigenvalue weighted by atomic mass is 9.92. The van der Waals surface area contributed by atoms with E-state index in [4.69, 9.17) is 5.73 Å². The lowest BCUT2D eigenvalue weighted by molar-refractivity contribution is -0.134. The molecule has 0 aliphatic carbocycles. The molecule has 0 bridgehead atoms. The van der Waals surface area contributed by atoms with Crippen LogP contribution in [0.3, 0.4) is 0 Å². The first-order valence-corrected chi connectivity index (χ1v) is 8.40. The lowest BCUT2D eigenvalue weighted by Crippen LogP contribution is -2.52. The predicted octanol–water partition coefficient (Wildman–Crippen LogP) is 2.19. The summed E-state index contributed by atoms with van der Waals surface area (Å²) in [4.78, 5) is 26.9. The molecule has 5 heteroatoms. The maximum Gasteiger partial charge on any atom is 0.251 e. The van der Waals surface area contributed by atoms with Crippen molar-refractivity contribution in [2.45, 2.75) is 40.7 Å². The third-order valence-electron chi connectivity index (χ3n) is 4.09. The van der Waals surface area contributed by atoms with Gasteiger partial charge in [0.1, 0.15) is 6.04 Å². The maximum atomic E-state index is 12.8. The first kappa shape index (κ1) is 20.2. The molecule has 1 atom stereocenters. The van der Waals surface area contributed by atoms with Crippen LogP contribution in [0.25, 0.3) is 0 Å². The van der Waals surface area contributed by atoms with Crippen molar-refractivity contribution >= 4 is 11.8 Å². The molecule has 0 radical (unpaired) electrons. The van der Waals surface area contributed by atoms with Gasteiger partial charge in [0, 0.05) is 19.2 Å². The molecule has 1 aromatic carbocycles. The number of carbonyl (C=O) groups is 2. The van der Waals surface area contributed by atoms with E-state index in [1.165, 1.54) is 0 Å². The summed E-state index contributed by atoms with van der Waals surface area (Å²) in [6, 6.07) is 6.79. The van der Waals surface area contributed by atoms with Gasteiger partial charge < -0.3 is 16.0 Å². The fourth-order valence-corrected chi connectivity index (χ4v) is 2.55. The van der Waals surface area contributed by atoms with Crippen LogP contribution in [-0.2, 0) is 4.79 Å². The standard InChI is InChI=1S/C19H31N3O2/c1-13(2)16(18(24)22(6)12-19(4,5)11-20)21-17(23)15-9-7-8-14(3)10-15/h7-10,13,16H,11-12,20H2,1-6H3,(H,21,23). The molecule has 134 valence electrons. The van der Waals surface area contributed by atoms with Crippen molar-refractivity contribution in [2.24, 2.45) is 17.1 Å². The van der Waals surface area contributed by atoms with Crippen LogP contribution in [0.15, 0.2) is 24.3 Å². The molecular formula is C19H31N3O2. The van der Waals surface area contributed by atoms with E-state index in [1.54, 1.807) is 18.0 Å². The van der Waals surface area contributed by atoms with Gasteiger partial charge >= 0.3 is 0 Å². The van der Waals surface area contributed by atoms with Gasteiger partial charge in [-0.2, -0.15) is 0 Å². The zero-order chi connectivity index (χ0) is 18.5. The first-order valence-electron chi connectivity index (χ1n) is 8.40. The molecule has 0 heterocycles. The third-order valence-corrected chi connectivity index (χ3v) is 4.09. The van der Waals surface area contributed by atoms with Crippen molar-refractivity contribution in [1.82, 2.24) is 10.2 Å². The molecule has 0 saturated heterocycles. The zero-order valence-electron chi connectivity index (χ0n) is 15.7. The van der Waals surface area contributed by atoms with Crippen LogP contribution in [-0.4, -0.2) is 42.9 Å². The summed E-state index contributed by atoms with van der Waals surface area (Å²) < 4.78 is 0. The fraction of sp³-hybridized carbons (Fsp3) is 0.579. The van der Waals surface area contributed by atoms with E-state index in [2.05, 4.69) is 5.32 Å². The summed E-state index contributed by atoms with van der Waals surface area (Å²) in [5.74, 6) is -0.320. The minimum Gasteiger partial charge on any atom is -0.343 e. The van der Waals surface area contributed by atoms with Crippen LogP contribution in [0.4, 0.5) is 0 Å². The molecule has 0 spiro atoms. The smallest absolute Gasteiger partial charge is 0.251 e. The fourth-order valence-electron chi connectivity index (χ4n) is 2.55. The average molecular weight is 333 g/mol. The Morgan fingerprint density at radius 3 is 2.42 bits per heavy atom. The number of hydrogen-bond donors (Lipinski definition) is 2. The van der Waals surface area contributed by atoms with Gasteiger partial charge in [-0.1, -0.05) is 45.4 Å². The Kier molecular flexibility index (Phi) is 6.96. The molecule has 2 amide bonds. The quantitative estimate of drug-likeness (QED) is 0.803. The number of nitrogens with zero attached hydrogens (tertiary/aromatic N) is 1. The number of hydrogen-bond acceptors (Lipinski definition) is 3. The van der Waals surface area contributed by atoms with Gasteiger partial charge in [-0.05, 0) is 36.9 Å². The average Bonchev–Trinajstić information content (AvgIpc) is 2.51. The summed E-state index contributed by atoms with van der Waals surface area (Å²) >= 11 is 0. The Morgan fingerprint density at radius 1 is 1.29 bits per heavy atom. The molecule has 1 unspecified atom stereocenters. The second kappa shape index (κ2) is 8.29. The number of nitrogens with two attached hydrogens (primary N) is 1. The number of carbonyl (C=O) groups excluding carboxylic acids is 2. The number of amides is 2. The Bertz CT molecular complexity index is 582. The van der Waals surface area contributed by atoms with E-state index < -0.39 is 6.04 Å². The van der Waals surface area contributed by atoms with E-state index in [0.29, 0.717) is 18.7 Å². The van der Waals surface area contributed by atoms with E-state index in [9.17, 15) is 9.59 Å². The van der Waals surface area contributed by atoms with Crippen LogP contribution in [0.2, 0.25) is 0 Å². The number of likely N-dealkylation sites (N-methyl/N-ethyl adjacent to an activating group) is 1. The molecule has 3 N–H and O–H groups in total. The van der Waals surface area contributed by atoms with Gasteiger partial charge in [0.05, 0.1) is 0 Å². The van der Waals surface area contributed by atoms with Crippen LogP contribution >= 0.6 is 0 Å². The van der Waals surface area contributed by atoms with Crippen LogP contribution in [0, 0.1) is 18.3 Å². The third kappa shape index (κ3) is 5.64. The molecule has 1 rings (SSSR count). The van der Waals surface area contributed by atoms with Gasteiger partial charge in [-0.3, -0.25) is 9.59 Å². The SMILES string of the molecule is Cc1cccc(C(=O)NC(C(=O)N(C)CC(C)(C)CN)C(C)C)c1. The molecule has 0 saturated carbocycles. The molecule has 0 aromatic heterocycles. The second-order valence-electron chi connectivity index (χ2n) is 7.63. The van der Waals surface area contributed by atoms with Crippen molar-refractivity contribution < 1.29 is 9.59 Å². The zero-order valence-corrected chi connectivity index (χ0v) is 15.7. The summed E-state index contributed by atoms with van der Waals surface area (Å²) in [5, 5.41) is 2.88. The van der Waals surface area contributed by atoms with E-state index in [0.717, 1.165) is 5.56 Å². The predicted molar refractivity (Wildman–Crippen MR) is 97.7 cm³/mol. The number of rotatable bonds is 7. The monoisotopic (exact) mass is 333 g/mol. The van der Waals surface area contributed by atoms with Crippen LogP contribution in [0.1, 0.15) is 43.6 Å². The van der Waals surface area contributed by atoms with Crippen LogP contribution in [0.5, 0.6) is 0 Å². The van der Waals surface area contributed by atoms with Crippen molar-refractivity contribution in [3.05, 3.63) is 35.4 Å². The van der Waals surface area contributed by atoms with Crippen molar-refractivity contribution in [2.75, 3.05) is 20.1 Å². The van der Waals surface area contributed by atoms with Crippen LogP contribution < -0.4 is 11.1 Å². The largest absolute Gasteiger partial charge is 0.343 e. The number of nitrogens with one attached hydrogen (secondary N) is 1. The van der Waals surface area contributed by atoms with E-state index in [1.807, 2.05) is 52.8 Å². The Balaban J connectivity index is 2.86. The Morgan fingerprint density at radius 2 is 1.92 bits per heavy atom. The van der Waals surface area contributed by atoms with Crippen molar-refractivity contribution in [1.29, 1.82) is 0 Å². The molecular weight excluding hydrogens is 302 g/mol. The van der Waals surface area contributed by atoms with Gasteiger partial charge in [-0.15, -0.1) is 0 Å².